The van der Waals surface area contributed by atoms with Gasteiger partial charge in [0.2, 0.25) is 0 Å². The van der Waals surface area contributed by atoms with E-state index in [4.69, 9.17) is 9.47 Å². The minimum Gasteiger partial charge on any atom is -0.457 e. The second kappa shape index (κ2) is 11.0. The summed E-state index contributed by atoms with van der Waals surface area (Å²) in [7, 11) is 0. The molecule has 1 aromatic heterocycles. The van der Waals surface area contributed by atoms with Gasteiger partial charge in [0.25, 0.3) is 0 Å². The van der Waals surface area contributed by atoms with E-state index in [0.717, 1.165) is 40.1 Å². The van der Waals surface area contributed by atoms with E-state index in [0.29, 0.717) is 19.3 Å². The van der Waals surface area contributed by atoms with Gasteiger partial charge in [-0.25, -0.2) is 4.98 Å². The molecule has 2 aliphatic rings. The van der Waals surface area contributed by atoms with Crippen LogP contribution in [0.3, 0.4) is 0 Å². The van der Waals surface area contributed by atoms with E-state index in [1.165, 1.54) is 0 Å². The number of aryl methyl sites for hydroxylation is 1. The predicted molar refractivity (Wildman–Crippen MR) is 146 cm³/mol. The Kier molecular flexibility index (Phi) is 8.27. The van der Waals surface area contributed by atoms with E-state index in [1.54, 1.807) is 17.4 Å². The number of aliphatic hydroxyl groups is 1. The molecular formula is C30H41NO5S. The third-order valence-electron chi connectivity index (χ3n) is 8.33. The minimum absolute atomic E-state index is 0.00200. The molecule has 3 heterocycles. The molecule has 2 fully saturated rings. The number of ketones is 1. The molecule has 1 N–H and O–H groups in total. The first-order chi connectivity index (χ1) is 17.4. The highest BCUT2D eigenvalue weighted by Crippen LogP contribution is 2.47. The highest BCUT2D eigenvalue weighted by atomic mass is 32.1. The Morgan fingerprint density at radius 3 is 2.73 bits per heavy atom. The van der Waals surface area contributed by atoms with Gasteiger partial charge < -0.3 is 14.6 Å². The molecule has 0 radical (unpaired) electrons. The molecular weight excluding hydrogens is 486 g/mol. The SMILES string of the molecule is C=CC[C@H]1C(=O)C(C)(C)CCC(=O)O[C@H](c2ccc3sc(C)nc3c2)C[C@@H]2O[C@]2(C)CCC[C@H](C)[C@@H]1O. The summed E-state index contributed by atoms with van der Waals surface area (Å²) in [6, 6.07) is 6.08. The topological polar surface area (TPSA) is 89.0 Å². The Hall–Kier alpha value is -2.09. The summed E-state index contributed by atoms with van der Waals surface area (Å²) in [4.78, 5) is 31.3. The average molecular weight is 528 g/mol. The van der Waals surface area contributed by atoms with Crippen LogP contribution in [-0.4, -0.2) is 39.7 Å². The lowest BCUT2D eigenvalue weighted by Crippen LogP contribution is -2.40. The summed E-state index contributed by atoms with van der Waals surface area (Å²) in [5, 5.41) is 12.1. The molecule has 0 unspecified atom stereocenters. The van der Waals surface area contributed by atoms with Crippen molar-refractivity contribution in [2.75, 3.05) is 0 Å². The van der Waals surface area contributed by atoms with Gasteiger partial charge in [0, 0.05) is 24.2 Å². The van der Waals surface area contributed by atoms with Crippen molar-refractivity contribution in [3.8, 4) is 0 Å². The van der Waals surface area contributed by atoms with E-state index in [1.807, 2.05) is 45.9 Å². The number of aromatic nitrogens is 1. The largest absolute Gasteiger partial charge is 0.457 e. The number of hydrogen-bond donors (Lipinski definition) is 1. The van der Waals surface area contributed by atoms with Crippen LogP contribution in [-0.2, 0) is 19.1 Å². The lowest BCUT2D eigenvalue weighted by atomic mass is 9.72. The first kappa shape index (κ1) is 27.9. The van der Waals surface area contributed by atoms with E-state index < -0.39 is 23.5 Å². The fraction of sp³-hybridized carbons (Fsp3) is 0.633. The van der Waals surface area contributed by atoms with Crippen molar-refractivity contribution in [1.29, 1.82) is 0 Å². The summed E-state index contributed by atoms with van der Waals surface area (Å²) < 4.78 is 13.3. The van der Waals surface area contributed by atoms with Gasteiger partial charge in [-0.1, -0.05) is 39.3 Å². The molecule has 0 amide bonds. The number of Topliss-reactive ketones (excluding diaryl/α,β-unsaturated/α-hetero) is 1. The van der Waals surface area contributed by atoms with Gasteiger partial charge in [0.1, 0.15) is 11.9 Å². The number of esters is 1. The second-order valence-corrected chi connectivity index (χ2v) is 13.1. The highest BCUT2D eigenvalue weighted by molar-refractivity contribution is 7.18. The smallest absolute Gasteiger partial charge is 0.306 e. The fourth-order valence-corrected chi connectivity index (χ4v) is 6.50. The van der Waals surface area contributed by atoms with E-state index in [9.17, 15) is 14.7 Å². The third-order valence-corrected chi connectivity index (χ3v) is 9.29. The number of hydrogen-bond acceptors (Lipinski definition) is 7. The third kappa shape index (κ3) is 6.32. The maximum absolute atomic E-state index is 13.5. The summed E-state index contributed by atoms with van der Waals surface area (Å²) in [6.45, 7) is 13.6. The standard InChI is InChI=1S/C30H41NO5S/c1-7-9-21-27(33)18(2)10-8-14-30(6)25(36-30)17-23(35-26(32)13-15-29(4,5)28(21)34)20-11-12-24-22(16-20)31-19(3)37-24/h7,11-12,16,18,21,23,25,27,33H,1,8-10,13-15,17H2,2-6H3/t18-,21+,23-,25-,27-,30+/m0/s1. The minimum atomic E-state index is -0.769. The van der Waals surface area contributed by atoms with Crippen molar-refractivity contribution in [2.45, 2.75) is 103 Å². The lowest BCUT2D eigenvalue weighted by Gasteiger charge is -2.33. The molecule has 4 rings (SSSR count). The number of benzene rings is 1. The van der Waals surface area contributed by atoms with Gasteiger partial charge in [-0.05, 0) is 63.1 Å². The van der Waals surface area contributed by atoms with Crippen molar-refractivity contribution < 1.29 is 24.2 Å². The van der Waals surface area contributed by atoms with Crippen LogP contribution in [0.1, 0.15) is 89.3 Å². The number of ether oxygens (including phenoxy) is 2. The molecule has 2 saturated heterocycles. The molecule has 0 bridgehead atoms. The predicted octanol–water partition coefficient (Wildman–Crippen LogP) is 6.49. The van der Waals surface area contributed by atoms with Crippen LogP contribution in [0.2, 0.25) is 0 Å². The lowest BCUT2D eigenvalue weighted by molar-refractivity contribution is -0.151. The summed E-state index contributed by atoms with van der Waals surface area (Å²) in [6.07, 6.45) is 4.55. The zero-order valence-corrected chi connectivity index (χ0v) is 23.6. The summed E-state index contributed by atoms with van der Waals surface area (Å²) in [5.41, 5.74) is 0.791. The number of allylic oxidation sites excluding steroid dienone is 1. The number of aliphatic hydroxyl groups excluding tert-OH is 1. The number of cyclic esters (lactones) is 1. The number of carbonyl (C=O) groups excluding carboxylic acids is 2. The Balaban J connectivity index is 1.59. The number of carbonyl (C=O) groups is 2. The molecule has 2 aromatic rings. The van der Waals surface area contributed by atoms with Crippen molar-refractivity contribution in [3.05, 3.63) is 41.4 Å². The Morgan fingerprint density at radius 1 is 1.24 bits per heavy atom. The molecule has 202 valence electrons. The normalized spacial score (nSPS) is 33.5. The molecule has 37 heavy (non-hydrogen) atoms. The molecule has 6 nitrogen and oxygen atoms in total. The average Bonchev–Trinajstić information content (AvgIpc) is 3.31. The quantitative estimate of drug-likeness (QED) is 0.279. The van der Waals surface area contributed by atoms with Gasteiger partial charge in [-0.3, -0.25) is 9.59 Å². The number of thiazole rings is 1. The zero-order chi connectivity index (χ0) is 27.0. The van der Waals surface area contributed by atoms with Gasteiger partial charge >= 0.3 is 5.97 Å². The van der Waals surface area contributed by atoms with Crippen LogP contribution < -0.4 is 0 Å². The second-order valence-electron chi connectivity index (χ2n) is 11.8. The Bertz CT molecular complexity index is 1160. The van der Waals surface area contributed by atoms with Crippen LogP contribution in [0.5, 0.6) is 0 Å². The van der Waals surface area contributed by atoms with Crippen molar-refractivity contribution in [3.63, 3.8) is 0 Å². The molecule has 7 heteroatoms. The summed E-state index contributed by atoms with van der Waals surface area (Å²) >= 11 is 1.65. The number of nitrogens with zero attached hydrogens (tertiary/aromatic N) is 1. The van der Waals surface area contributed by atoms with Crippen LogP contribution in [0, 0.1) is 24.2 Å². The summed E-state index contributed by atoms with van der Waals surface area (Å²) in [5.74, 6) is -0.911. The first-order valence-corrected chi connectivity index (χ1v) is 14.3. The van der Waals surface area contributed by atoms with Gasteiger partial charge in [-0.2, -0.15) is 0 Å². The Morgan fingerprint density at radius 2 is 2.00 bits per heavy atom. The van der Waals surface area contributed by atoms with Crippen LogP contribution >= 0.6 is 11.3 Å². The number of epoxide rings is 1. The monoisotopic (exact) mass is 527 g/mol. The van der Waals surface area contributed by atoms with Crippen molar-refractivity contribution in [2.24, 2.45) is 17.3 Å². The van der Waals surface area contributed by atoms with Crippen LogP contribution in [0.15, 0.2) is 30.9 Å². The zero-order valence-electron chi connectivity index (χ0n) is 22.8. The molecule has 0 spiro atoms. The molecule has 1 aromatic carbocycles. The maximum atomic E-state index is 13.5. The van der Waals surface area contributed by atoms with Crippen molar-refractivity contribution >= 4 is 33.3 Å². The maximum Gasteiger partial charge on any atom is 0.306 e. The molecule has 0 saturated carbocycles. The van der Waals surface area contributed by atoms with E-state index >= 15 is 0 Å². The molecule has 0 aliphatic carbocycles. The Labute approximate surface area is 224 Å². The fourth-order valence-electron chi connectivity index (χ4n) is 5.70. The highest BCUT2D eigenvalue weighted by Gasteiger charge is 2.52. The van der Waals surface area contributed by atoms with Crippen molar-refractivity contribution in [1.82, 2.24) is 4.98 Å². The van der Waals surface area contributed by atoms with Gasteiger partial charge in [0.05, 0.1) is 33.0 Å². The molecule has 2 aliphatic heterocycles. The van der Waals surface area contributed by atoms with Crippen LogP contribution in [0.4, 0.5) is 0 Å². The first-order valence-electron chi connectivity index (χ1n) is 13.5. The van der Waals surface area contributed by atoms with E-state index in [2.05, 4.69) is 18.5 Å². The number of rotatable bonds is 3. The van der Waals surface area contributed by atoms with Gasteiger partial charge in [0.15, 0.2) is 0 Å². The van der Waals surface area contributed by atoms with Crippen LogP contribution in [0.25, 0.3) is 10.2 Å². The van der Waals surface area contributed by atoms with Gasteiger partial charge in [-0.15, -0.1) is 17.9 Å². The van der Waals surface area contributed by atoms with E-state index in [-0.39, 0.29) is 35.8 Å². The number of fused-ring (bicyclic) bond motifs is 2. The molecule has 6 atom stereocenters.